The van der Waals surface area contributed by atoms with Gasteiger partial charge in [0.1, 0.15) is 5.67 Å². The number of hydrogen-bond donors (Lipinski definition) is 1. The highest BCUT2D eigenvalue weighted by molar-refractivity contribution is 6.09. The second kappa shape index (κ2) is 12.9. The van der Waals surface area contributed by atoms with E-state index in [9.17, 15) is 24.3 Å². The lowest BCUT2D eigenvalue weighted by molar-refractivity contribution is -0.150. The van der Waals surface area contributed by atoms with E-state index < -0.39 is 29.2 Å². The summed E-state index contributed by atoms with van der Waals surface area (Å²) in [6, 6.07) is 22.4. The van der Waals surface area contributed by atoms with Gasteiger partial charge in [0.15, 0.2) is 5.60 Å². The standard InChI is InChI=1S/C39H43FN4O6/c1-25-36(38(2,3)40)32(22-35(48)41(19-20-45)23-26-7-5-4-6-8-26)50-39(25)30-21-29(43-18-16-34(43)47)13-14-31(30)44(37(39)49)24-27-9-11-28(12-10-27)42-17-15-33(42)46/h4-14,21,25,32,36,45H,15-20,22-24H2,1-3H3/t25-,32+,36-,39+/m1/s1. The van der Waals surface area contributed by atoms with Gasteiger partial charge in [0.25, 0.3) is 5.91 Å². The second-order valence-electron chi connectivity index (χ2n) is 14.3. The Morgan fingerprint density at radius 2 is 1.58 bits per heavy atom. The fraction of sp³-hybridized carbons (Fsp3) is 0.436. The third-order valence-corrected chi connectivity index (χ3v) is 10.9. The average molecular weight is 683 g/mol. The number of carbonyl (C=O) groups is 4. The van der Waals surface area contributed by atoms with Gasteiger partial charge >= 0.3 is 0 Å². The minimum Gasteiger partial charge on any atom is -0.395 e. The SMILES string of the molecule is C[C@@H]1[C@@H](C(C)(C)F)[C@H](CC(=O)N(CCO)Cc2ccccc2)O[C@@]12C(=O)N(Cc1ccc(N3CCC3=O)cc1)c1ccc(N3CCC3=O)cc12. The molecule has 4 amide bonds. The first-order valence-electron chi connectivity index (χ1n) is 17.4. The molecule has 3 saturated heterocycles. The predicted octanol–water partition coefficient (Wildman–Crippen LogP) is 4.71. The summed E-state index contributed by atoms with van der Waals surface area (Å²) in [5, 5.41) is 9.81. The summed E-state index contributed by atoms with van der Waals surface area (Å²) < 4.78 is 23.2. The lowest BCUT2D eigenvalue weighted by Crippen LogP contribution is -2.46. The van der Waals surface area contributed by atoms with Crippen LogP contribution in [0.2, 0.25) is 0 Å². The van der Waals surface area contributed by atoms with Crippen molar-refractivity contribution in [3.8, 4) is 0 Å². The molecule has 0 saturated carbocycles. The molecule has 4 heterocycles. The average Bonchev–Trinajstić information content (AvgIpc) is 3.50. The Morgan fingerprint density at radius 3 is 2.16 bits per heavy atom. The number of halogens is 1. The van der Waals surface area contributed by atoms with Crippen molar-refractivity contribution in [3.63, 3.8) is 0 Å². The number of hydrogen-bond acceptors (Lipinski definition) is 6. The van der Waals surface area contributed by atoms with Crippen molar-refractivity contribution in [3.05, 3.63) is 89.5 Å². The Morgan fingerprint density at radius 1 is 0.940 bits per heavy atom. The van der Waals surface area contributed by atoms with Crippen LogP contribution in [0, 0.1) is 11.8 Å². The van der Waals surface area contributed by atoms with E-state index in [2.05, 4.69) is 0 Å². The number of anilines is 3. The number of carbonyl (C=O) groups excluding carboxylic acids is 4. The minimum atomic E-state index is -1.82. The molecule has 11 heteroatoms. The van der Waals surface area contributed by atoms with Crippen LogP contribution in [0.4, 0.5) is 21.5 Å². The number of benzene rings is 3. The van der Waals surface area contributed by atoms with Crippen LogP contribution >= 0.6 is 0 Å². The fourth-order valence-electron chi connectivity index (χ4n) is 8.22. The molecule has 1 spiro atoms. The molecule has 4 aliphatic heterocycles. The van der Waals surface area contributed by atoms with Crippen molar-refractivity contribution < 1.29 is 33.4 Å². The molecular formula is C39H43FN4O6. The van der Waals surface area contributed by atoms with Crippen molar-refractivity contribution in [1.29, 1.82) is 0 Å². The van der Waals surface area contributed by atoms with Crippen molar-refractivity contribution in [1.82, 2.24) is 4.90 Å². The zero-order valence-corrected chi connectivity index (χ0v) is 28.7. The van der Waals surface area contributed by atoms with Gasteiger partial charge < -0.3 is 29.4 Å². The molecule has 10 nitrogen and oxygen atoms in total. The Balaban J connectivity index is 1.24. The Labute approximate surface area is 291 Å². The summed E-state index contributed by atoms with van der Waals surface area (Å²) >= 11 is 0. The smallest absolute Gasteiger partial charge is 0.264 e. The lowest BCUT2D eigenvalue weighted by atomic mass is 9.71. The van der Waals surface area contributed by atoms with Crippen LogP contribution in [-0.4, -0.2) is 71.6 Å². The third kappa shape index (κ3) is 5.76. The number of alkyl halides is 1. The Kier molecular flexibility index (Phi) is 8.76. The molecule has 7 rings (SSSR count). The molecule has 0 unspecified atom stereocenters. The predicted molar refractivity (Wildman–Crippen MR) is 186 cm³/mol. The van der Waals surface area contributed by atoms with Gasteiger partial charge in [0, 0.05) is 67.8 Å². The molecular weight excluding hydrogens is 639 g/mol. The van der Waals surface area contributed by atoms with Crippen LogP contribution < -0.4 is 14.7 Å². The summed E-state index contributed by atoms with van der Waals surface area (Å²) in [5.41, 5.74) is 0.893. The van der Waals surface area contributed by atoms with Gasteiger partial charge in [-0.1, -0.05) is 49.4 Å². The van der Waals surface area contributed by atoms with E-state index in [0.29, 0.717) is 42.9 Å². The van der Waals surface area contributed by atoms with E-state index in [0.717, 1.165) is 16.8 Å². The number of rotatable bonds is 11. The number of ether oxygens (including phenoxy) is 1. The van der Waals surface area contributed by atoms with E-state index >= 15 is 4.39 Å². The van der Waals surface area contributed by atoms with E-state index in [1.54, 1.807) is 19.6 Å². The molecule has 1 N–H and O–H groups in total. The maximum atomic E-state index is 16.4. The Bertz CT molecular complexity index is 1810. The van der Waals surface area contributed by atoms with Crippen LogP contribution in [0.5, 0.6) is 0 Å². The normalized spacial score (nSPS) is 24.5. The zero-order valence-electron chi connectivity index (χ0n) is 28.7. The summed E-state index contributed by atoms with van der Waals surface area (Å²) in [6.07, 6.45) is -0.161. The third-order valence-electron chi connectivity index (χ3n) is 10.9. The molecule has 4 atom stereocenters. The lowest BCUT2D eigenvalue weighted by Gasteiger charge is -2.34. The molecule has 0 radical (unpaired) electrons. The van der Waals surface area contributed by atoms with E-state index in [-0.39, 0.29) is 56.3 Å². The first kappa shape index (κ1) is 33.9. The quantitative estimate of drug-likeness (QED) is 0.294. The van der Waals surface area contributed by atoms with E-state index in [1.807, 2.05) is 79.7 Å². The summed E-state index contributed by atoms with van der Waals surface area (Å²) in [7, 11) is 0. The van der Waals surface area contributed by atoms with Gasteiger partial charge in [0.2, 0.25) is 17.7 Å². The van der Waals surface area contributed by atoms with Gasteiger partial charge in [-0.25, -0.2) is 4.39 Å². The maximum absolute atomic E-state index is 16.4. The molecule has 0 aliphatic carbocycles. The van der Waals surface area contributed by atoms with Crippen LogP contribution in [0.1, 0.15) is 56.7 Å². The highest BCUT2D eigenvalue weighted by Gasteiger charge is 2.66. The van der Waals surface area contributed by atoms with Gasteiger partial charge in [-0.3, -0.25) is 19.2 Å². The maximum Gasteiger partial charge on any atom is 0.264 e. The minimum absolute atomic E-state index is 0.0185. The van der Waals surface area contributed by atoms with Crippen molar-refractivity contribution in [2.45, 2.75) is 70.5 Å². The number of aliphatic hydroxyl groups excluding tert-OH is 1. The van der Waals surface area contributed by atoms with Crippen LogP contribution in [0.3, 0.4) is 0 Å². The van der Waals surface area contributed by atoms with Crippen LogP contribution in [0.15, 0.2) is 72.8 Å². The second-order valence-corrected chi connectivity index (χ2v) is 14.3. The highest BCUT2D eigenvalue weighted by atomic mass is 19.1. The monoisotopic (exact) mass is 682 g/mol. The first-order valence-corrected chi connectivity index (χ1v) is 17.4. The molecule has 0 bridgehead atoms. The molecule has 4 aliphatic rings. The summed E-state index contributed by atoms with van der Waals surface area (Å²) in [4.78, 5) is 59.8. The molecule has 50 heavy (non-hydrogen) atoms. The molecule has 3 aromatic carbocycles. The zero-order chi connectivity index (χ0) is 35.4. The van der Waals surface area contributed by atoms with Crippen molar-refractivity contribution in [2.24, 2.45) is 11.8 Å². The van der Waals surface area contributed by atoms with Gasteiger partial charge in [-0.15, -0.1) is 0 Å². The summed E-state index contributed by atoms with van der Waals surface area (Å²) in [6.45, 7) is 6.30. The molecule has 0 aromatic heterocycles. The molecule has 262 valence electrons. The van der Waals surface area contributed by atoms with Crippen LogP contribution in [-0.2, 0) is 42.6 Å². The number of aliphatic hydroxyl groups is 1. The van der Waals surface area contributed by atoms with E-state index in [4.69, 9.17) is 4.74 Å². The van der Waals surface area contributed by atoms with E-state index in [1.165, 1.54) is 13.8 Å². The number of fused-ring (bicyclic) bond motifs is 2. The van der Waals surface area contributed by atoms with Gasteiger partial charge in [0.05, 0.1) is 31.4 Å². The topological polar surface area (TPSA) is 111 Å². The fourth-order valence-corrected chi connectivity index (χ4v) is 8.22. The molecule has 3 fully saturated rings. The van der Waals surface area contributed by atoms with Crippen LogP contribution in [0.25, 0.3) is 0 Å². The largest absolute Gasteiger partial charge is 0.395 e. The highest BCUT2D eigenvalue weighted by Crippen LogP contribution is 2.59. The number of amides is 4. The Hall–Kier alpha value is -4.61. The van der Waals surface area contributed by atoms with Gasteiger partial charge in [-0.2, -0.15) is 0 Å². The van der Waals surface area contributed by atoms with Crippen molar-refractivity contribution in [2.75, 3.05) is 40.9 Å². The van der Waals surface area contributed by atoms with Crippen molar-refractivity contribution >= 4 is 40.7 Å². The van der Waals surface area contributed by atoms with Gasteiger partial charge in [-0.05, 0) is 55.3 Å². The first-order chi connectivity index (χ1) is 23.9. The molecule has 3 aromatic rings. The number of β-lactam (4-membered cyclic amide) rings is 2. The number of nitrogens with zero attached hydrogens (tertiary/aromatic N) is 4. The summed E-state index contributed by atoms with van der Waals surface area (Å²) in [5.74, 6) is -2.12.